The fourth-order valence-corrected chi connectivity index (χ4v) is 2.17. The number of nitrogens with two attached hydrogens (primary N) is 1. The van der Waals surface area contributed by atoms with Crippen molar-refractivity contribution in [3.63, 3.8) is 0 Å². The summed E-state index contributed by atoms with van der Waals surface area (Å²) in [5.74, 6) is -0.788. The van der Waals surface area contributed by atoms with Gasteiger partial charge >= 0.3 is 6.36 Å². The molecule has 7 heteroatoms. The molecule has 1 fully saturated rings. The zero-order valence-electron chi connectivity index (χ0n) is 10.7. The van der Waals surface area contributed by atoms with Crippen LogP contribution in [0.2, 0.25) is 0 Å². The summed E-state index contributed by atoms with van der Waals surface area (Å²) in [6.07, 6.45) is -2.61. The molecule has 1 aromatic rings. The number of anilines is 1. The summed E-state index contributed by atoms with van der Waals surface area (Å²) in [4.78, 5) is 12.1. The van der Waals surface area contributed by atoms with E-state index >= 15 is 0 Å². The van der Waals surface area contributed by atoms with Crippen LogP contribution in [0.4, 0.5) is 18.9 Å². The standard InChI is InChI=1S/C13H15F3N2O2/c14-13(15,16)20-10-5-2-1-4-9(10)18-11(19)12(8-17)6-3-7-12/h1-2,4-5H,3,6-8,17H2,(H,18,19). The molecule has 1 amide bonds. The van der Waals surface area contributed by atoms with Gasteiger partial charge in [-0.2, -0.15) is 0 Å². The SMILES string of the molecule is NCC1(C(=O)Nc2ccccc2OC(F)(F)F)CCC1. The Morgan fingerprint density at radius 1 is 1.35 bits per heavy atom. The van der Waals surface area contributed by atoms with Crippen molar-refractivity contribution < 1.29 is 22.7 Å². The highest BCUT2D eigenvalue weighted by atomic mass is 19.4. The number of benzene rings is 1. The number of hydrogen-bond donors (Lipinski definition) is 2. The molecular weight excluding hydrogens is 273 g/mol. The zero-order chi connectivity index (χ0) is 14.8. The van der Waals surface area contributed by atoms with Crippen molar-refractivity contribution in [1.29, 1.82) is 0 Å². The maximum atomic E-state index is 12.3. The normalized spacial score (nSPS) is 17.2. The molecule has 1 aromatic carbocycles. The Bertz CT molecular complexity index is 493. The second-order valence-corrected chi connectivity index (χ2v) is 4.84. The number of nitrogens with one attached hydrogen (secondary N) is 1. The Morgan fingerprint density at radius 3 is 2.50 bits per heavy atom. The van der Waals surface area contributed by atoms with E-state index in [0.717, 1.165) is 12.5 Å². The van der Waals surface area contributed by atoms with Crippen LogP contribution in [0.15, 0.2) is 24.3 Å². The van der Waals surface area contributed by atoms with Gasteiger partial charge in [0.1, 0.15) is 0 Å². The number of rotatable bonds is 4. The zero-order valence-corrected chi connectivity index (χ0v) is 10.7. The number of halogens is 3. The Labute approximate surface area is 114 Å². The molecule has 0 spiro atoms. The molecule has 1 aliphatic carbocycles. The molecular formula is C13H15F3N2O2. The van der Waals surface area contributed by atoms with Crippen LogP contribution in [0.25, 0.3) is 0 Å². The minimum atomic E-state index is -4.80. The van der Waals surface area contributed by atoms with Gasteiger partial charge in [0.15, 0.2) is 5.75 Å². The van der Waals surface area contributed by atoms with Crippen LogP contribution in [0.5, 0.6) is 5.75 Å². The highest BCUT2D eigenvalue weighted by Gasteiger charge is 2.43. The summed E-state index contributed by atoms with van der Waals surface area (Å²) in [5.41, 5.74) is 4.92. The summed E-state index contributed by atoms with van der Waals surface area (Å²) >= 11 is 0. The minimum Gasteiger partial charge on any atom is -0.404 e. The predicted octanol–water partition coefficient (Wildman–Crippen LogP) is 2.65. The summed E-state index contributed by atoms with van der Waals surface area (Å²) in [6, 6.07) is 5.44. The lowest BCUT2D eigenvalue weighted by Crippen LogP contribution is -2.47. The van der Waals surface area contributed by atoms with Gasteiger partial charge in [0.25, 0.3) is 0 Å². The van der Waals surface area contributed by atoms with E-state index in [2.05, 4.69) is 10.1 Å². The van der Waals surface area contributed by atoms with Crippen LogP contribution in [-0.4, -0.2) is 18.8 Å². The number of hydrogen-bond acceptors (Lipinski definition) is 3. The molecule has 1 aliphatic rings. The third-order valence-corrected chi connectivity index (χ3v) is 3.54. The molecule has 0 aromatic heterocycles. The molecule has 0 atom stereocenters. The molecule has 0 unspecified atom stereocenters. The average molecular weight is 288 g/mol. The molecule has 0 saturated heterocycles. The van der Waals surface area contributed by atoms with Crippen LogP contribution in [0, 0.1) is 5.41 Å². The van der Waals surface area contributed by atoms with E-state index in [4.69, 9.17) is 5.73 Å². The van der Waals surface area contributed by atoms with Crippen molar-refractivity contribution in [2.45, 2.75) is 25.6 Å². The first-order valence-electron chi connectivity index (χ1n) is 6.23. The summed E-state index contributed by atoms with van der Waals surface area (Å²) < 4.78 is 40.7. The fraction of sp³-hybridized carbons (Fsp3) is 0.462. The van der Waals surface area contributed by atoms with Gasteiger partial charge in [-0.15, -0.1) is 13.2 Å². The monoisotopic (exact) mass is 288 g/mol. The Kier molecular flexibility index (Phi) is 3.89. The van der Waals surface area contributed by atoms with E-state index in [1.165, 1.54) is 18.2 Å². The van der Waals surface area contributed by atoms with Gasteiger partial charge in [0, 0.05) is 6.54 Å². The van der Waals surface area contributed by atoms with E-state index in [1.54, 1.807) is 0 Å². The molecule has 0 bridgehead atoms. The van der Waals surface area contributed by atoms with Gasteiger partial charge < -0.3 is 15.8 Å². The average Bonchev–Trinajstić information content (AvgIpc) is 2.29. The molecule has 1 saturated carbocycles. The Hall–Kier alpha value is -1.76. The molecule has 0 heterocycles. The van der Waals surface area contributed by atoms with E-state index in [1.807, 2.05) is 0 Å². The van der Waals surface area contributed by atoms with Crippen molar-refractivity contribution in [2.24, 2.45) is 11.1 Å². The number of carbonyl (C=O) groups is 1. The predicted molar refractivity (Wildman–Crippen MR) is 67.1 cm³/mol. The van der Waals surface area contributed by atoms with Gasteiger partial charge in [-0.05, 0) is 25.0 Å². The molecule has 3 N–H and O–H groups in total. The number of amides is 1. The summed E-state index contributed by atoms with van der Waals surface area (Å²) in [6.45, 7) is 0.182. The first-order chi connectivity index (χ1) is 9.36. The van der Waals surface area contributed by atoms with Gasteiger partial charge in [-0.25, -0.2) is 0 Å². The van der Waals surface area contributed by atoms with Crippen LogP contribution < -0.4 is 15.8 Å². The van der Waals surface area contributed by atoms with Crippen LogP contribution in [-0.2, 0) is 4.79 Å². The molecule has 20 heavy (non-hydrogen) atoms. The minimum absolute atomic E-state index is 0.00505. The summed E-state index contributed by atoms with van der Waals surface area (Å²) in [7, 11) is 0. The molecule has 110 valence electrons. The fourth-order valence-electron chi connectivity index (χ4n) is 2.17. The van der Waals surface area contributed by atoms with Crippen LogP contribution in [0.3, 0.4) is 0 Å². The topological polar surface area (TPSA) is 64.4 Å². The highest BCUT2D eigenvalue weighted by Crippen LogP contribution is 2.41. The maximum Gasteiger partial charge on any atom is 0.573 e. The van der Waals surface area contributed by atoms with Gasteiger partial charge in [-0.1, -0.05) is 18.6 Å². The quantitative estimate of drug-likeness (QED) is 0.895. The number of alkyl halides is 3. The van der Waals surface area contributed by atoms with Gasteiger partial charge in [-0.3, -0.25) is 4.79 Å². The van der Waals surface area contributed by atoms with Crippen LogP contribution >= 0.6 is 0 Å². The lowest BCUT2D eigenvalue weighted by Gasteiger charge is -2.39. The van der Waals surface area contributed by atoms with Crippen molar-refractivity contribution in [3.05, 3.63) is 24.3 Å². The Balaban J connectivity index is 2.15. The molecule has 4 nitrogen and oxygen atoms in total. The van der Waals surface area contributed by atoms with Crippen molar-refractivity contribution >= 4 is 11.6 Å². The molecule has 2 rings (SSSR count). The number of ether oxygens (including phenoxy) is 1. The molecule has 0 aliphatic heterocycles. The van der Waals surface area contributed by atoms with Crippen molar-refractivity contribution in [1.82, 2.24) is 0 Å². The maximum absolute atomic E-state index is 12.3. The van der Waals surface area contributed by atoms with E-state index in [9.17, 15) is 18.0 Å². The lowest BCUT2D eigenvalue weighted by atomic mass is 9.68. The van der Waals surface area contributed by atoms with Crippen molar-refractivity contribution in [3.8, 4) is 5.75 Å². The van der Waals surface area contributed by atoms with E-state index in [-0.39, 0.29) is 18.1 Å². The van der Waals surface area contributed by atoms with E-state index < -0.39 is 17.5 Å². The smallest absolute Gasteiger partial charge is 0.404 e. The number of para-hydroxylation sites is 2. The van der Waals surface area contributed by atoms with E-state index in [0.29, 0.717) is 12.8 Å². The molecule has 0 radical (unpaired) electrons. The highest BCUT2D eigenvalue weighted by molar-refractivity contribution is 5.97. The Morgan fingerprint density at radius 2 is 2.00 bits per heavy atom. The largest absolute Gasteiger partial charge is 0.573 e. The second-order valence-electron chi connectivity index (χ2n) is 4.84. The van der Waals surface area contributed by atoms with Gasteiger partial charge in [0.2, 0.25) is 5.91 Å². The summed E-state index contributed by atoms with van der Waals surface area (Å²) in [5, 5.41) is 2.48. The second kappa shape index (κ2) is 5.32. The lowest BCUT2D eigenvalue weighted by molar-refractivity contribution is -0.274. The first kappa shape index (κ1) is 14.6. The van der Waals surface area contributed by atoms with Crippen molar-refractivity contribution in [2.75, 3.05) is 11.9 Å². The third-order valence-electron chi connectivity index (χ3n) is 3.54. The number of carbonyl (C=O) groups excluding carboxylic acids is 1. The third kappa shape index (κ3) is 3.04. The first-order valence-corrected chi connectivity index (χ1v) is 6.23. The van der Waals surface area contributed by atoms with Crippen LogP contribution in [0.1, 0.15) is 19.3 Å². The van der Waals surface area contributed by atoms with Gasteiger partial charge in [0.05, 0.1) is 11.1 Å².